The topological polar surface area (TPSA) is 75.1 Å². The molecule has 7 nitrogen and oxygen atoms in total. The molecule has 0 radical (unpaired) electrons. The van der Waals surface area contributed by atoms with Crippen molar-refractivity contribution in [3.8, 4) is 0 Å². The van der Waals surface area contributed by atoms with Crippen LogP contribution in [-0.2, 0) is 0 Å². The van der Waals surface area contributed by atoms with E-state index < -0.39 is 0 Å². The molecule has 1 saturated heterocycles. The summed E-state index contributed by atoms with van der Waals surface area (Å²) in [4.78, 5) is 13.9. The SMILES string of the molecule is CNCCCN(C)C(=O)c1cn(C2CCNCC2)nn1. The molecule has 0 aliphatic carbocycles. The minimum Gasteiger partial charge on any atom is -0.340 e. The van der Waals surface area contributed by atoms with Gasteiger partial charge in [0.2, 0.25) is 0 Å². The molecule has 1 aromatic heterocycles. The maximum atomic E-state index is 12.2. The van der Waals surface area contributed by atoms with Gasteiger partial charge < -0.3 is 15.5 Å². The van der Waals surface area contributed by atoms with Gasteiger partial charge in [0.05, 0.1) is 12.2 Å². The molecule has 2 rings (SSSR count). The van der Waals surface area contributed by atoms with Gasteiger partial charge in [-0.2, -0.15) is 0 Å². The van der Waals surface area contributed by atoms with Gasteiger partial charge in [0.25, 0.3) is 5.91 Å². The van der Waals surface area contributed by atoms with E-state index in [2.05, 4.69) is 20.9 Å². The summed E-state index contributed by atoms with van der Waals surface area (Å²) in [5, 5.41) is 14.5. The third kappa shape index (κ3) is 3.77. The van der Waals surface area contributed by atoms with Gasteiger partial charge in [0, 0.05) is 13.6 Å². The Labute approximate surface area is 119 Å². The number of aromatic nitrogens is 3. The Balaban J connectivity index is 1.91. The van der Waals surface area contributed by atoms with Crippen LogP contribution in [-0.4, -0.2) is 66.1 Å². The summed E-state index contributed by atoms with van der Waals surface area (Å²) in [6.45, 7) is 3.62. The summed E-state index contributed by atoms with van der Waals surface area (Å²) >= 11 is 0. The van der Waals surface area contributed by atoms with E-state index in [1.54, 1.807) is 11.1 Å². The van der Waals surface area contributed by atoms with Crippen LogP contribution in [0.1, 0.15) is 35.8 Å². The molecule has 0 spiro atoms. The first-order valence-electron chi connectivity index (χ1n) is 7.25. The second kappa shape index (κ2) is 7.35. The lowest BCUT2D eigenvalue weighted by Gasteiger charge is -2.22. The second-order valence-electron chi connectivity index (χ2n) is 5.25. The maximum Gasteiger partial charge on any atom is 0.275 e. The molecule has 1 fully saturated rings. The molecule has 0 aromatic carbocycles. The van der Waals surface area contributed by atoms with Gasteiger partial charge in [-0.1, -0.05) is 5.21 Å². The molecule has 0 saturated carbocycles. The summed E-state index contributed by atoms with van der Waals surface area (Å²) in [5.41, 5.74) is 0.440. The molecular formula is C13H24N6O. The van der Waals surface area contributed by atoms with Crippen molar-refractivity contribution < 1.29 is 4.79 Å². The molecule has 20 heavy (non-hydrogen) atoms. The van der Waals surface area contributed by atoms with Gasteiger partial charge >= 0.3 is 0 Å². The molecule has 1 aliphatic rings. The molecule has 1 amide bonds. The van der Waals surface area contributed by atoms with Crippen molar-refractivity contribution in [3.63, 3.8) is 0 Å². The number of rotatable bonds is 6. The van der Waals surface area contributed by atoms with Crippen molar-refractivity contribution in [2.45, 2.75) is 25.3 Å². The molecule has 112 valence electrons. The van der Waals surface area contributed by atoms with E-state index in [1.165, 1.54) is 0 Å². The maximum absolute atomic E-state index is 12.2. The normalized spacial score (nSPS) is 16.3. The van der Waals surface area contributed by atoms with Crippen LogP contribution in [0.2, 0.25) is 0 Å². The molecule has 0 unspecified atom stereocenters. The molecule has 2 N–H and O–H groups in total. The fraction of sp³-hybridized carbons (Fsp3) is 0.769. The average Bonchev–Trinajstić information content (AvgIpc) is 2.97. The van der Waals surface area contributed by atoms with Crippen LogP contribution in [0, 0.1) is 0 Å². The first-order valence-corrected chi connectivity index (χ1v) is 7.25. The van der Waals surface area contributed by atoms with Crippen LogP contribution in [0.15, 0.2) is 6.20 Å². The van der Waals surface area contributed by atoms with E-state index >= 15 is 0 Å². The first-order chi connectivity index (χ1) is 9.72. The van der Waals surface area contributed by atoms with Crippen LogP contribution in [0.4, 0.5) is 0 Å². The fourth-order valence-electron chi connectivity index (χ4n) is 2.41. The van der Waals surface area contributed by atoms with Crippen molar-refractivity contribution in [1.82, 2.24) is 30.5 Å². The first kappa shape index (κ1) is 14.9. The predicted octanol–water partition coefficient (Wildman–Crippen LogP) is -0.116. The van der Waals surface area contributed by atoms with Crippen LogP contribution in [0.3, 0.4) is 0 Å². The number of piperidine rings is 1. The van der Waals surface area contributed by atoms with E-state index in [0.717, 1.165) is 45.4 Å². The molecule has 7 heteroatoms. The zero-order valence-electron chi connectivity index (χ0n) is 12.3. The molecule has 1 aromatic rings. The lowest BCUT2D eigenvalue weighted by molar-refractivity contribution is 0.0788. The Hall–Kier alpha value is -1.47. The van der Waals surface area contributed by atoms with E-state index in [-0.39, 0.29) is 5.91 Å². The number of carbonyl (C=O) groups is 1. The number of nitrogens with one attached hydrogen (secondary N) is 2. The smallest absolute Gasteiger partial charge is 0.275 e. The summed E-state index contributed by atoms with van der Waals surface area (Å²) < 4.78 is 1.84. The number of hydrogen-bond donors (Lipinski definition) is 2. The van der Waals surface area contributed by atoms with Crippen molar-refractivity contribution in [2.75, 3.05) is 40.3 Å². The van der Waals surface area contributed by atoms with Crippen LogP contribution in [0.25, 0.3) is 0 Å². The van der Waals surface area contributed by atoms with Crippen LogP contribution < -0.4 is 10.6 Å². The Kier molecular flexibility index (Phi) is 5.49. The third-order valence-electron chi connectivity index (χ3n) is 3.68. The van der Waals surface area contributed by atoms with E-state index in [0.29, 0.717) is 11.7 Å². The average molecular weight is 280 g/mol. The van der Waals surface area contributed by atoms with Gasteiger partial charge in [-0.15, -0.1) is 5.10 Å². The van der Waals surface area contributed by atoms with Crippen molar-refractivity contribution in [2.24, 2.45) is 0 Å². The highest BCUT2D eigenvalue weighted by Crippen LogP contribution is 2.17. The summed E-state index contributed by atoms with van der Waals surface area (Å²) in [6, 6.07) is 0.361. The molecule has 0 bridgehead atoms. The van der Waals surface area contributed by atoms with Gasteiger partial charge in [0.15, 0.2) is 5.69 Å². The summed E-state index contributed by atoms with van der Waals surface area (Å²) in [7, 11) is 3.72. The number of hydrogen-bond acceptors (Lipinski definition) is 5. The lowest BCUT2D eigenvalue weighted by Crippen LogP contribution is -2.30. The monoisotopic (exact) mass is 280 g/mol. The van der Waals surface area contributed by atoms with E-state index in [9.17, 15) is 4.79 Å². The second-order valence-corrected chi connectivity index (χ2v) is 5.25. The largest absolute Gasteiger partial charge is 0.340 e. The van der Waals surface area contributed by atoms with Crippen LogP contribution in [0.5, 0.6) is 0 Å². The van der Waals surface area contributed by atoms with Crippen molar-refractivity contribution in [1.29, 1.82) is 0 Å². The van der Waals surface area contributed by atoms with Crippen molar-refractivity contribution in [3.05, 3.63) is 11.9 Å². The van der Waals surface area contributed by atoms with Gasteiger partial charge in [-0.05, 0) is 45.9 Å². The lowest BCUT2D eigenvalue weighted by atomic mass is 10.1. The highest BCUT2D eigenvalue weighted by atomic mass is 16.2. The number of carbonyl (C=O) groups excluding carboxylic acids is 1. The Morgan fingerprint density at radius 1 is 1.55 bits per heavy atom. The van der Waals surface area contributed by atoms with E-state index in [1.807, 2.05) is 18.8 Å². The molecule has 0 atom stereocenters. The van der Waals surface area contributed by atoms with Gasteiger partial charge in [-0.25, -0.2) is 4.68 Å². The highest BCUT2D eigenvalue weighted by molar-refractivity contribution is 5.91. The zero-order valence-corrected chi connectivity index (χ0v) is 12.3. The van der Waals surface area contributed by atoms with Gasteiger partial charge in [0.1, 0.15) is 0 Å². The quantitative estimate of drug-likeness (QED) is 0.711. The Morgan fingerprint density at radius 2 is 2.30 bits per heavy atom. The fourth-order valence-corrected chi connectivity index (χ4v) is 2.41. The minimum absolute atomic E-state index is 0.0544. The Bertz CT molecular complexity index is 426. The molecular weight excluding hydrogens is 256 g/mol. The van der Waals surface area contributed by atoms with Crippen molar-refractivity contribution >= 4 is 5.91 Å². The summed E-state index contributed by atoms with van der Waals surface area (Å²) in [6.07, 6.45) is 4.79. The highest BCUT2D eigenvalue weighted by Gasteiger charge is 2.20. The molecule has 2 heterocycles. The number of nitrogens with zero attached hydrogens (tertiary/aromatic N) is 4. The Morgan fingerprint density at radius 3 is 3.00 bits per heavy atom. The van der Waals surface area contributed by atoms with Gasteiger partial charge in [-0.3, -0.25) is 4.79 Å². The summed E-state index contributed by atoms with van der Waals surface area (Å²) in [5.74, 6) is -0.0544. The predicted molar refractivity (Wildman–Crippen MR) is 76.7 cm³/mol. The van der Waals surface area contributed by atoms with Crippen LogP contribution >= 0.6 is 0 Å². The standard InChI is InChI=1S/C13H24N6O/c1-14-6-3-9-18(2)13(20)12-10-19(17-16-12)11-4-7-15-8-5-11/h10-11,14-15H,3-9H2,1-2H3. The minimum atomic E-state index is -0.0544. The number of amides is 1. The zero-order chi connectivity index (χ0) is 14.4. The molecule has 1 aliphatic heterocycles. The van der Waals surface area contributed by atoms with E-state index in [4.69, 9.17) is 0 Å². The third-order valence-corrected chi connectivity index (χ3v) is 3.68.